The predicted molar refractivity (Wildman–Crippen MR) is 102 cm³/mol. The van der Waals surface area contributed by atoms with E-state index in [1.54, 1.807) is 6.07 Å². The van der Waals surface area contributed by atoms with Gasteiger partial charge in [0.2, 0.25) is 0 Å². The van der Waals surface area contributed by atoms with Crippen molar-refractivity contribution in [2.75, 3.05) is 11.1 Å². The Morgan fingerprint density at radius 1 is 1.31 bits per heavy atom. The summed E-state index contributed by atoms with van der Waals surface area (Å²) in [5, 5.41) is 2.81. The standard InChI is InChI=1S/C18H16ClF2N3OS/c1-18(7-8-26-17(22)24-18)10-5-6-12(20)14(9-10)23-16(25)15-11(19)3-2-4-13(15)21/h2-6,9H,7-8H2,1H3,(H2,22,24)(H,23,25). The first-order valence-corrected chi connectivity index (χ1v) is 9.20. The lowest BCUT2D eigenvalue weighted by atomic mass is 9.89. The van der Waals surface area contributed by atoms with E-state index < -0.39 is 23.1 Å². The molecule has 0 aromatic heterocycles. The lowest BCUT2D eigenvalue weighted by Gasteiger charge is -2.30. The van der Waals surface area contributed by atoms with Gasteiger partial charge in [0.05, 0.1) is 21.8 Å². The SMILES string of the molecule is CC1(c2ccc(F)c(NC(=O)c3c(F)cccc3Cl)c2)CCSC(N)=N1. The molecule has 1 atom stereocenters. The van der Waals surface area contributed by atoms with Gasteiger partial charge in [0.1, 0.15) is 11.6 Å². The van der Waals surface area contributed by atoms with Crippen LogP contribution in [0.2, 0.25) is 5.02 Å². The van der Waals surface area contributed by atoms with E-state index in [0.717, 1.165) is 18.2 Å². The summed E-state index contributed by atoms with van der Waals surface area (Å²) in [5.41, 5.74) is 5.51. The molecule has 2 aromatic carbocycles. The van der Waals surface area contributed by atoms with Crippen LogP contribution in [0.3, 0.4) is 0 Å². The van der Waals surface area contributed by atoms with Crippen LogP contribution in [0.25, 0.3) is 0 Å². The Morgan fingerprint density at radius 2 is 2.08 bits per heavy atom. The number of nitrogens with two attached hydrogens (primary N) is 1. The maximum atomic E-state index is 14.2. The molecule has 0 bridgehead atoms. The normalized spacial score (nSPS) is 19.8. The zero-order valence-electron chi connectivity index (χ0n) is 13.9. The Balaban J connectivity index is 1.94. The van der Waals surface area contributed by atoms with Crippen molar-refractivity contribution in [1.82, 2.24) is 0 Å². The van der Waals surface area contributed by atoms with Gasteiger partial charge in [0.25, 0.3) is 5.91 Å². The lowest BCUT2D eigenvalue weighted by Crippen LogP contribution is -2.29. The van der Waals surface area contributed by atoms with Gasteiger partial charge in [0.15, 0.2) is 5.17 Å². The number of anilines is 1. The first kappa shape index (κ1) is 18.7. The molecule has 0 radical (unpaired) electrons. The van der Waals surface area contributed by atoms with Crippen LogP contribution in [-0.2, 0) is 5.54 Å². The van der Waals surface area contributed by atoms with Crippen LogP contribution >= 0.6 is 23.4 Å². The van der Waals surface area contributed by atoms with Gasteiger partial charge < -0.3 is 11.1 Å². The van der Waals surface area contributed by atoms with Crippen LogP contribution in [0, 0.1) is 11.6 Å². The van der Waals surface area contributed by atoms with Crippen molar-refractivity contribution in [3.8, 4) is 0 Å². The molecule has 0 fully saturated rings. The molecule has 1 aliphatic rings. The lowest BCUT2D eigenvalue weighted by molar-refractivity contribution is 0.102. The smallest absolute Gasteiger partial charge is 0.260 e. The number of amidine groups is 1. The highest BCUT2D eigenvalue weighted by molar-refractivity contribution is 8.13. The van der Waals surface area contributed by atoms with Crippen LogP contribution in [-0.4, -0.2) is 16.8 Å². The van der Waals surface area contributed by atoms with Crippen LogP contribution in [0.5, 0.6) is 0 Å². The van der Waals surface area contributed by atoms with Crippen LogP contribution in [0.4, 0.5) is 14.5 Å². The van der Waals surface area contributed by atoms with Crippen molar-refractivity contribution >= 4 is 40.1 Å². The number of carbonyl (C=O) groups excluding carboxylic acids is 1. The monoisotopic (exact) mass is 395 g/mol. The van der Waals surface area contributed by atoms with E-state index in [0.29, 0.717) is 10.7 Å². The van der Waals surface area contributed by atoms with Gasteiger partial charge in [-0.3, -0.25) is 9.79 Å². The molecule has 1 amide bonds. The van der Waals surface area contributed by atoms with Crippen molar-refractivity contribution in [3.63, 3.8) is 0 Å². The summed E-state index contributed by atoms with van der Waals surface area (Å²) in [4.78, 5) is 16.8. The number of benzene rings is 2. The fourth-order valence-electron chi connectivity index (χ4n) is 2.75. The minimum absolute atomic E-state index is 0.0484. The van der Waals surface area contributed by atoms with E-state index in [9.17, 15) is 13.6 Å². The van der Waals surface area contributed by atoms with Crippen molar-refractivity contribution in [1.29, 1.82) is 0 Å². The second kappa shape index (κ2) is 7.25. The van der Waals surface area contributed by atoms with Crippen molar-refractivity contribution in [2.24, 2.45) is 10.7 Å². The summed E-state index contributed by atoms with van der Waals surface area (Å²) in [5.74, 6) is -1.45. The summed E-state index contributed by atoms with van der Waals surface area (Å²) < 4.78 is 28.1. The van der Waals surface area contributed by atoms with Gasteiger partial charge in [-0.25, -0.2) is 8.78 Å². The van der Waals surface area contributed by atoms with Gasteiger partial charge in [0, 0.05) is 5.75 Å². The summed E-state index contributed by atoms with van der Waals surface area (Å²) in [6.07, 6.45) is 0.719. The minimum atomic E-state index is -0.823. The molecule has 0 aliphatic carbocycles. The van der Waals surface area contributed by atoms with E-state index in [1.807, 2.05) is 6.92 Å². The zero-order chi connectivity index (χ0) is 18.9. The fourth-order valence-corrected chi connectivity index (χ4v) is 3.97. The third-order valence-electron chi connectivity index (χ3n) is 4.22. The number of hydrogen-bond donors (Lipinski definition) is 2. The van der Waals surface area contributed by atoms with Gasteiger partial charge in [-0.2, -0.15) is 0 Å². The third-order valence-corrected chi connectivity index (χ3v) is 5.33. The topological polar surface area (TPSA) is 67.5 Å². The highest BCUT2D eigenvalue weighted by atomic mass is 35.5. The average molecular weight is 396 g/mol. The second-order valence-electron chi connectivity index (χ2n) is 6.07. The number of halogens is 3. The number of nitrogens with one attached hydrogen (secondary N) is 1. The molecule has 136 valence electrons. The number of hydrogen-bond acceptors (Lipinski definition) is 4. The van der Waals surface area contributed by atoms with Crippen molar-refractivity contribution in [3.05, 3.63) is 64.2 Å². The van der Waals surface area contributed by atoms with Crippen molar-refractivity contribution in [2.45, 2.75) is 18.9 Å². The molecule has 0 spiro atoms. The zero-order valence-corrected chi connectivity index (χ0v) is 15.4. The molecule has 26 heavy (non-hydrogen) atoms. The number of amides is 1. The average Bonchev–Trinajstić information content (AvgIpc) is 2.56. The Bertz CT molecular complexity index is 886. The molecule has 1 unspecified atom stereocenters. The van der Waals surface area contributed by atoms with Crippen molar-refractivity contribution < 1.29 is 13.6 Å². The molecule has 2 aromatic rings. The molecular formula is C18H16ClF2N3OS. The van der Waals surface area contributed by atoms with E-state index >= 15 is 0 Å². The van der Waals surface area contributed by atoms with E-state index in [-0.39, 0.29) is 16.3 Å². The molecule has 4 nitrogen and oxygen atoms in total. The highest BCUT2D eigenvalue weighted by Gasteiger charge is 2.30. The molecule has 3 N–H and O–H groups in total. The Hall–Kier alpha value is -2.12. The summed E-state index contributed by atoms with van der Waals surface area (Å²) in [6.45, 7) is 1.89. The number of rotatable bonds is 3. The molecule has 8 heteroatoms. The first-order chi connectivity index (χ1) is 12.3. The third kappa shape index (κ3) is 3.68. The largest absolute Gasteiger partial charge is 0.379 e. The summed E-state index contributed by atoms with van der Waals surface area (Å²) >= 11 is 7.35. The van der Waals surface area contributed by atoms with Crippen LogP contribution in [0.1, 0.15) is 29.3 Å². The van der Waals surface area contributed by atoms with E-state index in [2.05, 4.69) is 10.3 Å². The summed E-state index contributed by atoms with van der Waals surface area (Å²) in [6, 6.07) is 8.24. The Kier molecular flexibility index (Phi) is 5.20. The quantitative estimate of drug-likeness (QED) is 0.801. The minimum Gasteiger partial charge on any atom is -0.379 e. The second-order valence-corrected chi connectivity index (χ2v) is 7.59. The Morgan fingerprint density at radius 3 is 2.77 bits per heavy atom. The van der Waals surface area contributed by atoms with Crippen LogP contribution in [0.15, 0.2) is 41.4 Å². The Labute approximate surface area is 158 Å². The molecule has 1 aliphatic heterocycles. The number of thioether (sulfide) groups is 1. The van der Waals surface area contributed by atoms with Crippen LogP contribution < -0.4 is 11.1 Å². The van der Waals surface area contributed by atoms with Gasteiger partial charge >= 0.3 is 0 Å². The number of nitrogens with zero attached hydrogens (tertiary/aromatic N) is 1. The first-order valence-electron chi connectivity index (χ1n) is 7.84. The fraction of sp³-hybridized carbons (Fsp3) is 0.222. The van der Waals surface area contributed by atoms with E-state index in [1.165, 1.54) is 36.0 Å². The maximum absolute atomic E-state index is 14.2. The van der Waals surface area contributed by atoms with Gasteiger partial charge in [-0.15, -0.1) is 0 Å². The molecular weight excluding hydrogens is 380 g/mol. The number of carbonyl (C=O) groups is 1. The molecule has 1 heterocycles. The molecule has 0 saturated carbocycles. The van der Waals surface area contributed by atoms with E-state index in [4.69, 9.17) is 17.3 Å². The number of aliphatic imine (C=N–C) groups is 1. The summed E-state index contributed by atoms with van der Waals surface area (Å²) in [7, 11) is 0. The maximum Gasteiger partial charge on any atom is 0.260 e. The van der Waals surface area contributed by atoms with Gasteiger partial charge in [-0.1, -0.05) is 35.5 Å². The molecule has 0 saturated heterocycles. The highest BCUT2D eigenvalue weighted by Crippen LogP contribution is 2.36. The van der Waals surface area contributed by atoms with Gasteiger partial charge in [-0.05, 0) is 43.2 Å². The predicted octanol–water partition coefficient (Wildman–Crippen LogP) is 4.54. The molecule has 3 rings (SSSR count).